The summed E-state index contributed by atoms with van der Waals surface area (Å²) in [5.74, 6) is 0. The summed E-state index contributed by atoms with van der Waals surface area (Å²) in [6.45, 7) is 2.28. The third-order valence-corrected chi connectivity index (χ3v) is 3.86. The number of hydrogen-bond donors (Lipinski definition) is 0. The van der Waals surface area contributed by atoms with Gasteiger partial charge in [0.1, 0.15) is 0 Å². The van der Waals surface area contributed by atoms with E-state index in [9.17, 15) is 0 Å². The maximum Gasteiger partial charge on any atom is 0.0399 e. The Morgan fingerprint density at radius 3 is 3.00 bits per heavy atom. The fourth-order valence-corrected chi connectivity index (χ4v) is 2.84. The van der Waals surface area contributed by atoms with Gasteiger partial charge in [0.15, 0.2) is 0 Å². The lowest BCUT2D eigenvalue weighted by Crippen LogP contribution is -2.35. The molecule has 0 fully saturated rings. The molecule has 0 spiro atoms. The summed E-state index contributed by atoms with van der Waals surface area (Å²) >= 11 is 2.39. The van der Waals surface area contributed by atoms with Crippen molar-refractivity contribution in [1.82, 2.24) is 0 Å². The molecule has 1 aromatic carbocycles. The van der Waals surface area contributed by atoms with Gasteiger partial charge in [-0.15, -0.1) is 0 Å². The van der Waals surface area contributed by atoms with Crippen LogP contribution in [0.25, 0.3) is 0 Å². The van der Waals surface area contributed by atoms with Gasteiger partial charge in [-0.25, -0.2) is 0 Å². The molecule has 2 rings (SSSR count). The summed E-state index contributed by atoms with van der Waals surface area (Å²) in [4.78, 5) is 2.44. The van der Waals surface area contributed by atoms with Crippen LogP contribution >= 0.6 is 22.6 Å². The van der Waals surface area contributed by atoms with Crippen molar-refractivity contribution in [3.05, 3.63) is 27.3 Å². The topological polar surface area (TPSA) is 3.24 Å². The number of benzene rings is 1. The minimum atomic E-state index is 0.738. The summed E-state index contributed by atoms with van der Waals surface area (Å²) in [6, 6.07) is 7.52. The van der Waals surface area contributed by atoms with Crippen LogP contribution in [0.1, 0.15) is 25.3 Å². The van der Waals surface area contributed by atoms with Crippen molar-refractivity contribution < 1.29 is 0 Å². The third kappa shape index (κ3) is 1.76. The maximum absolute atomic E-state index is 2.44. The minimum absolute atomic E-state index is 0.738. The summed E-state index contributed by atoms with van der Waals surface area (Å²) in [5.41, 5.74) is 2.95. The molecule has 76 valence electrons. The van der Waals surface area contributed by atoms with Crippen molar-refractivity contribution in [3.63, 3.8) is 0 Å². The fraction of sp³-hybridized carbons (Fsp3) is 0.500. The van der Waals surface area contributed by atoms with Gasteiger partial charge in [0.2, 0.25) is 0 Å². The zero-order valence-electron chi connectivity index (χ0n) is 8.76. The Kier molecular flexibility index (Phi) is 3.00. The SMILES string of the molecule is CC[C@@H]1CCc2cc(I)ccc2N1C. The highest BCUT2D eigenvalue weighted by Crippen LogP contribution is 2.31. The molecule has 0 saturated heterocycles. The predicted octanol–water partition coefficient (Wildman–Crippen LogP) is 3.45. The summed E-state index contributed by atoms with van der Waals surface area (Å²) in [6.07, 6.45) is 3.80. The van der Waals surface area contributed by atoms with Crippen molar-refractivity contribution in [2.24, 2.45) is 0 Å². The number of halogens is 1. The summed E-state index contributed by atoms with van der Waals surface area (Å²) < 4.78 is 1.35. The van der Waals surface area contributed by atoms with Gasteiger partial charge in [0, 0.05) is 22.3 Å². The van der Waals surface area contributed by atoms with E-state index in [1.54, 1.807) is 0 Å². The molecule has 0 bridgehead atoms. The monoisotopic (exact) mass is 301 g/mol. The second kappa shape index (κ2) is 4.09. The Labute approximate surface area is 99.6 Å². The van der Waals surface area contributed by atoms with Crippen molar-refractivity contribution in [3.8, 4) is 0 Å². The molecule has 14 heavy (non-hydrogen) atoms. The number of hydrogen-bond acceptors (Lipinski definition) is 1. The lowest BCUT2D eigenvalue weighted by atomic mass is 9.95. The molecule has 1 heterocycles. The largest absolute Gasteiger partial charge is 0.371 e. The molecule has 1 atom stereocenters. The van der Waals surface area contributed by atoms with E-state index >= 15 is 0 Å². The van der Waals surface area contributed by atoms with Crippen LogP contribution in [0.4, 0.5) is 5.69 Å². The molecule has 2 heteroatoms. The first-order valence-electron chi connectivity index (χ1n) is 5.23. The Hall–Kier alpha value is -0.250. The maximum atomic E-state index is 2.44. The normalized spacial score (nSPS) is 20.8. The molecule has 0 saturated carbocycles. The highest BCUT2D eigenvalue weighted by molar-refractivity contribution is 14.1. The van der Waals surface area contributed by atoms with Gasteiger partial charge >= 0.3 is 0 Å². The smallest absolute Gasteiger partial charge is 0.0399 e. The van der Waals surface area contributed by atoms with Crippen LogP contribution in [-0.2, 0) is 6.42 Å². The Morgan fingerprint density at radius 1 is 1.50 bits per heavy atom. The van der Waals surface area contributed by atoms with Crippen LogP contribution in [0.3, 0.4) is 0 Å². The number of fused-ring (bicyclic) bond motifs is 1. The van der Waals surface area contributed by atoms with E-state index in [0.717, 1.165) is 6.04 Å². The molecule has 1 nitrogen and oxygen atoms in total. The van der Waals surface area contributed by atoms with E-state index in [-0.39, 0.29) is 0 Å². The van der Waals surface area contributed by atoms with Crippen LogP contribution in [0.15, 0.2) is 18.2 Å². The molecule has 0 aliphatic carbocycles. The third-order valence-electron chi connectivity index (χ3n) is 3.19. The van der Waals surface area contributed by atoms with Gasteiger partial charge in [0.25, 0.3) is 0 Å². The average Bonchev–Trinajstić information content (AvgIpc) is 2.18. The standard InChI is InChI=1S/C12H16IN/c1-3-11-6-4-9-8-10(13)5-7-12(9)14(11)2/h5,7-8,11H,3-4,6H2,1-2H3/t11-/m1/s1. The van der Waals surface area contributed by atoms with Crippen molar-refractivity contribution in [2.45, 2.75) is 32.2 Å². The molecule has 0 amide bonds. The number of anilines is 1. The van der Waals surface area contributed by atoms with Gasteiger partial charge in [-0.05, 0) is 65.6 Å². The highest BCUT2D eigenvalue weighted by Gasteiger charge is 2.21. The van der Waals surface area contributed by atoms with Crippen molar-refractivity contribution >= 4 is 28.3 Å². The Bertz CT molecular complexity index is 335. The molecule has 0 aromatic heterocycles. The molecule has 0 unspecified atom stereocenters. The van der Waals surface area contributed by atoms with Gasteiger partial charge in [0.05, 0.1) is 0 Å². The molecular weight excluding hydrogens is 285 g/mol. The second-order valence-corrected chi connectivity index (χ2v) is 5.23. The van der Waals surface area contributed by atoms with E-state index in [1.807, 2.05) is 0 Å². The fourth-order valence-electron chi connectivity index (χ4n) is 2.29. The lowest BCUT2D eigenvalue weighted by molar-refractivity contribution is 0.542. The number of aryl methyl sites for hydroxylation is 1. The first-order valence-corrected chi connectivity index (χ1v) is 6.31. The van der Waals surface area contributed by atoms with E-state index in [2.05, 4.69) is 59.7 Å². The van der Waals surface area contributed by atoms with E-state index in [1.165, 1.54) is 34.1 Å². The summed E-state index contributed by atoms with van der Waals surface area (Å²) in [7, 11) is 2.22. The van der Waals surface area contributed by atoms with E-state index in [4.69, 9.17) is 0 Å². The van der Waals surface area contributed by atoms with E-state index < -0.39 is 0 Å². The first kappa shape index (κ1) is 10.3. The molecule has 0 radical (unpaired) electrons. The van der Waals surface area contributed by atoms with Gasteiger partial charge in [-0.3, -0.25) is 0 Å². The zero-order valence-corrected chi connectivity index (χ0v) is 10.9. The first-order chi connectivity index (χ1) is 6.72. The average molecular weight is 301 g/mol. The lowest BCUT2D eigenvalue weighted by Gasteiger charge is -2.35. The van der Waals surface area contributed by atoms with Gasteiger partial charge < -0.3 is 4.90 Å². The van der Waals surface area contributed by atoms with Gasteiger partial charge in [-0.1, -0.05) is 6.92 Å². The predicted molar refractivity (Wildman–Crippen MR) is 70.0 cm³/mol. The Morgan fingerprint density at radius 2 is 2.29 bits per heavy atom. The second-order valence-electron chi connectivity index (χ2n) is 3.98. The molecular formula is C12H16IN. The summed E-state index contributed by atoms with van der Waals surface area (Å²) in [5, 5.41) is 0. The zero-order chi connectivity index (χ0) is 10.1. The minimum Gasteiger partial charge on any atom is -0.371 e. The number of nitrogens with zero attached hydrogens (tertiary/aromatic N) is 1. The molecule has 1 aliphatic heterocycles. The highest BCUT2D eigenvalue weighted by atomic mass is 127. The van der Waals surface area contributed by atoms with E-state index in [0.29, 0.717) is 0 Å². The molecule has 1 aliphatic rings. The van der Waals surface area contributed by atoms with Gasteiger partial charge in [-0.2, -0.15) is 0 Å². The van der Waals surface area contributed by atoms with Crippen LogP contribution in [0, 0.1) is 3.57 Å². The quantitative estimate of drug-likeness (QED) is 0.718. The van der Waals surface area contributed by atoms with Crippen molar-refractivity contribution in [1.29, 1.82) is 0 Å². The van der Waals surface area contributed by atoms with Crippen LogP contribution < -0.4 is 4.90 Å². The molecule has 1 aromatic rings. The molecule has 0 N–H and O–H groups in total. The van der Waals surface area contributed by atoms with Crippen molar-refractivity contribution in [2.75, 3.05) is 11.9 Å². The number of rotatable bonds is 1. The van der Waals surface area contributed by atoms with Crippen LogP contribution in [0.5, 0.6) is 0 Å². The Balaban J connectivity index is 2.36. The van der Waals surface area contributed by atoms with Crippen LogP contribution in [-0.4, -0.2) is 13.1 Å². The van der Waals surface area contributed by atoms with Crippen LogP contribution in [0.2, 0.25) is 0 Å².